The van der Waals surface area contributed by atoms with E-state index in [9.17, 15) is 4.79 Å². The molecule has 0 aromatic carbocycles. The van der Waals surface area contributed by atoms with Crippen molar-refractivity contribution in [3.8, 4) is 0 Å². The number of H-pyrrole nitrogens is 1. The van der Waals surface area contributed by atoms with E-state index in [4.69, 9.17) is 11.5 Å². The average Bonchev–Trinajstić information content (AvgIpc) is 2.08. The molecule has 1 aromatic rings. The summed E-state index contributed by atoms with van der Waals surface area (Å²) in [5.74, 6) is 0.124. The summed E-state index contributed by atoms with van der Waals surface area (Å²) in [5, 5.41) is 0. The molecule has 0 saturated carbocycles. The lowest BCUT2D eigenvalue weighted by atomic mass is 10.2. The van der Waals surface area contributed by atoms with Crippen molar-refractivity contribution in [3.05, 3.63) is 28.2 Å². The maximum absolute atomic E-state index is 11.3. The van der Waals surface area contributed by atoms with E-state index in [1.54, 1.807) is 6.08 Å². The number of hydrogen-bond acceptors (Lipinski definition) is 4. The van der Waals surface area contributed by atoms with E-state index >= 15 is 0 Å². The van der Waals surface area contributed by atoms with Gasteiger partial charge in [-0.05, 0) is 13.3 Å². The maximum Gasteiger partial charge on any atom is 0.259 e. The summed E-state index contributed by atoms with van der Waals surface area (Å²) in [6, 6.07) is 0.0899. The number of nitrogens with two attached hydrogens (primary N) is 2. The van der Waals surface area contributed by atoms with Crippen LogP contribution in [0.4, 0.5) is 5.95 Å². The number of anilines is 1. The predicted octanol–water partition coefficient (Wildman–Crippen LogP) is 0.946. The Balaban J connectivity index is 0. The molecular formula is C9H16Cl2N4O. The molecule has 0 amide bonds. The van der Waals surface area contributed by atoms with Gasteiger partial charge in [0.05, 0.1) is 5.56 Å². The monoisotopic (exact) mass is 266 g/mol. The molecule has 0 aliphatic rings. The van der Waals surface area contributed by atoms with Gasteiger partial charge in [0.1, 0.15) is 0 Å². The summed E-state index contributed by atoms with van der Waals surface area (Å²) in [7, 11) is 0. The zero-order chi connectivity index (χ0) is 10.6. The molecule has 0 aliphatic carbocycles. The van der Waals surface area contributed by atoms with Crippen LogP contribution in [0.2, 0.25) is 0 Å². The van der Waals surface area contributed by atoms with Gasteiger partial charge in [-0.3, -0.25) is 9.78 Å². The summed E-state index contributed by atoms with van der Waals surface area (Å²) in [5.41, 5.74) is 11.1. The number of aromatic amines is 1. The lowest BCUT2D eigenvalue weighted by Gasteiger charge is -1.97. The minimum atomic E-state index is -0.238. The van der Waals surface area contributed by atoms with Gasteiger partial charge in [-0.2, -0.15) is 0 Å². The normalized spacial score (nSPS) is 11.6. The minimum Gasteiger partial charge on any atom is -0.369 e. The van der Waals surface area contributed by atoms with Crippen LogP contribution in [0.3, 0.4) is 0 Å². The molecular weight excluding hydrogens is 251 g/mol. The second kappa shape index (κ2) is 8.15. The minimum absolute atomic E-state index is 0. The number of nitrogens with zero attached hydrogens (tertiary/aromatic N) is 1. The molecule has 0 spiro atoms. The summed E-state index contributed by atoms with van der Waals surface area (Å²) in [4.78, 5) is 17.4. The molecule has 92 valence electrons. The van der Waals surface area contributed by atoms with E-state index in [-0.39, 0.29) is 42.4 Å². The Kier molecular flexibility index (Phi) is 8.84. The third-order valence-corrected chi connectivity index (χ3v) is 1.65. The highest BCUT2D eigenvalue weighted by atomic mass is 35.5. The highest BCUT2D eigenvalue weighted by Crippen LogP contribution is 1.96. The second-order valence-electron chi connectivity index (χ2n) is 3.17. The van der Waals surface area contributed by atoms with Crippen LogP contribution in [0.5, 0.6) is 0 Å². The second-order valence-corrected chi connectivity index (χ2v) is 3.17. The number of halogens is 2. The molecule has 7 heteroatoms. The highest BCUT2D eigenvalue weighted by molar-refractivity contribution is 5.85. The smallest absolute Gasteiger partial charge is 0.259 e. The SMILES string of the molecule is C[C@H](N)C/C=C/c1cnc(N)[nH]c1=O.Cl.Cl. The molecule has 5 N–H and O–H groups in total. The van der Waals surface area contributed by atoms with Crippen LogP contribution in [0, 0.1) is 0 Å². The van der Waals surface area contributed by atoms with E-state index in [1.165, 1.54) is 6.20 Å². The predicted molar refractivity (Wildman–Crippen MR) is 71.1 cm³/mol. The van der Waals surface area contributed by atoms with Gasteiger partial charge in [0.2, 0.25) is 0 Å². The molecule has 1 aromatic heterocycles. The van der Waals surface area contributed by atoms with Crippen molar-refractivity contribution in [1.82, 2.24) is 9.97 Å². The average molecular weight is 267 g/mol. The first-order valence-corrected chi connectivity index (χ1v) is 4.36. The van der Waals surface area contributed by atoms with E-state index in [0.717, 1.165) is 6.42 Å². The number of nitrogens with one attached hydrogen (secondary N) is 1. The van der Waals surface area contributed by atoms with Crippen LogP contribution in [-0.4, -0.2) is 16.0 Å². The van der Waals surface area contributed by atoms with E-state index in [2.05, 4.69) is 9.97 Å². The van der Waals surface area contributed by atoms with Crippen LogP contribution in [0.15, 0.2) is 17.1 Å². The fourth-order valence-electron chi connectivity index (χ4n) is 0.947. The number of rotatable bonds is 3. The van der Waals surface area contributed by atoms with Gasteiger partial charge >= 0.3 is 0 Å². The summed E-state index contributed by atoms with van der Waals surface area (Å²) in [6.45, 7) is 1.90. The maximum atomic E-state index is 11.3. The molecule has 1 atom stereocenters. The van der Waals surface area contributed by atoms with E-state index < -0.39 is 0 Å². The van der Waals surface area contributed by atoms with Crippen LogP contribution in [0.1, 0.15) is 18.9 Å². The Hall–Kier alpha value is -1.04. The Morgan fingerprint density at radius 1 is 1.56 bits per heavy atom. The first-order chi connectivity index (χ1) is 6.59. The number of nitrogen functional groups attached to an aromatic ring is 1. The van der Waals surface area contributed by atoms with Crippen LogP contribution in [0.25, 0.3) is 6.08 Å². The Labute approximate surface area is 106 Å². The molecule has 16 heavy (non-hydrogen) atoms. The quantitative estimate of drug-likeness (QED) is 0.759. The van der Waals surface area contributed by atoms with Crippen molar-refractivity contribution in [2.45, 2.75) is 19.4 Å². The van der Waals surface area contributed by atoms with Gasteiger partial charge in [-0.25, -0.2) is 4.98 Å². The van der Waals surface area contributed by atoms with Crippen molar-refractivity contribution in [1.29, 1.82) is 0 Å². The van der Waals surface area contributed by atoms with Crippen LogP contribution in [-0.2, 0) is 0 Å². The van der Waals surface area contributed by atoms with Gasteiger partial charge < -0.3 is 11.5 Å². The summed E-state index contributed by atoms with van der Waals surface area (Å²) in [6.07, 6.45) is 5.69. The molecule has 1 heterocycles. The molecule has 5 nitrogen and oxygen atoms in total. The third kappa shape index (κ3) is 5.75. The van der Waals surface area contributed by atoms with Crippen LogP contribution >= 0.6 is 24.8 Å². The summed E-state index contributed by atoms with van der Waals surface area (Å²) < 4.78 is 0. The topological polar surface area (TPSA) is 97.8 Å². The molecule has 0 bridgehead atoms. The van der Waals surface area contributed by atoms with Crippen molar-refractivity contribution in [3.63, 3.8) is 0 Å². The summed E-state index contributed by atoms with van der Waals surface area (Å²) >= 11 is 0. The third-order valence-electron chi connectivity index (χ3n) is 1.65. The van der Waals surface area contributed by atoms with E-state index in [0.29, 0.717) is 5.56 Å². The van der Waals surface area contributed by atoms with Crippen molar-refractivity contribution < 1.29 is 0 Å². The van der Waals surface area contributed by atoms with Crippen molar-refractivity contribution in [2.24, 2.45) is 5.73 Å². The molecule has 1 rings (SSSR count). The Morgan fingerprint density at radius 2 is 2.19 bits per heavy atom. The fraction of sp³-hybridized carbons (Fsp3) is 0.333. The van der Waals surface area contributed by atoms with Crippen LogP contribution < -0.4 is 17.0 Å². The Morgan fingerprint density at radius 3 is 2.69 bits per heavy atom. The molecule has 0 aliphatic heterocycles. The largest absolute Gasteiger partial charge is 0.369 e. The van der Waals surface area contributed by atoms with Gasteiger partial charge in [0, 0.05) is 12.2 Å². The number of hydrogen-bond donors (Lipinski definition) is 3. The Bertz CT molecular complexity index is 389. The van der Waals surface area contributed by atoms with Gasteiger partial charge in [0.25, 0.3) is 5.56 Å². The first kappa shape index (κ1) is 17.4. The van der Waals surface area contributed by atoms with Crippen molar-refractivity contribution in [2.75, 3.05) is 5.73 Å². The fourth-order valence-corrected chi connectivity index (χ4v) is 0.947. The first-order valence-electron chi connectivity index (χ1n) is 4.36. The molecule has 0 radical (unpaired) electrons. The molecule has 0 unspecified atom stereocenters. The lowest BCUT2D eigenvalue weighted by molar-refractivity contribution is 0.759. The van der Waals surface area contributed by atoms with E-state index in [1.807, 2.05) is 13.0 Å². The standard InChI is InChI=1S/C9H14N4O.2ClH/c1-6(10)3-2-4-7-5-12-9(11)13-8(7)14;;/h2,4-6H,3,10H2,1H3,(H3,11,12,13,14);2*1H/b4-2+;;/t6-;;/m0../s1. The van der Waals surface area contributed by atoms with Gasteiger partial charge in [-0.15, -0.1) is 24.8 Å². The van der Waals surface area contributed by atoms with Crippen molar-refractivity contribution >= 4 is 36.8 Å². The zero-order valence-electron chi connectivity index (χ0n) is 8.84. The zero-order valence-corrected chi connectivity index (χ0v) is 10.5. The molecule has 0 fully saturated rings. The lowest BCUT2D eigenvalue weighted by Crippen LogP contribution is -2.14. The molecule has 0 saturated heterocycles. The van der Waals surface area contributed by atoms with Gasteiger partial charge in [0.15, 0.2) is 5.95 Å². The highest BCUT2D eigenvalue weighted by Gasteiger charge is 1.96. The number of aromatic nitrogens is 2. The van der Waals surface area contributed by atoms with Gasteiger partial charge in [-0.1, -0.05) is 12.2 Å².